The van der Waals surface area contributed by atoms with Crippen LogP contribution in [0.3, 0.4) is 0 Å². The lowest BCUT2D eigenvalue weighted by atomic mass is 10.2. The molecule has 2 rings (SSSR count). The van der Waals surface area contributed by atoms with Gasteiger partial charge in [-0.25, -0.2) is 0 Å². The molecule has 6 heteroatoms. The maximum atomic E-state index is 11.5. The maximum Gasteiger partial charge on any atom is 0.270 e. The maximum absolute atomic E-state index is 11.5. The molecular weight excluding hydrogens is 222 g/mol. The summed E-state index contributed by atoms with van der Waals surface area (Å²) >= 11 is 0. The van der Waals surface area contributed by atoms with Crippen LogP contribution in [0.4, 0.5) is 5.69 Å². The summed E-state index contributed by atoms with van der Waals surface area (Å²) in [5, 5.41) is 19.8. The largest absolute Gasteiger partial charge is 0.294 e. The van der Waals surface area contributed by atoms with E-state index < -0.39 is 4.92 Å². The van der Waals surface area contributed by atoms with Crippen LogP contribution in [0.5, 0.6) is 0 Å². The number of aromatic nitrogens is 1. The number of fused-ring (bicyclic) bond motifs is 1. The summed E-state index contributed by atoms with van der Waals surface area (Å²) in [5.74, 6) is 0. The van der Waals surface area contributed by atoms with Crippen molar-refractivity contribution in [3.8, 4) is 6.07 Å². The van der Waals surface area contributed by atoms with E-state index in [0.29, 0.717) is 10.9 Å². The highest BCUT2D eigenvalue weighted by Gasteiger charge is 2.08. The fraction of sp³-hybridized carbons (Fsp3) is 0.0909. The van der Waals surface area contributed by atoms with Crippen LogP contribution < -0.4 is 5.56 Å². The van der Waals surface area contributed by atoms with Crippen molar-refractivity contribution in [2.45, 2.75) is 6.54 Å². The third kappa shape index (κ3) is 1.86. The van der Waals surface area contributed by atoms with Crippen LogP contribution in [-0.4, -0.2) is 9.49 Å². The second-order valence-corrected chi connectivity index (χ2v) is 3.42. The van der Waals surface area contributed by atoms with Crippen molar-refractivity contribution < 1.29 is 4.92 Å². The van der Waals surface area contributed by atoms with Crippen LogP contribution in [0.15, 0.2) is 35.1 Å². The van der Waals surface area contributed by atoms with Gasteiger partial charge in [-0.3, -0.25) is 19.5 Å². The van der Waals surface area contributed by atoms with Crippen molar-refractivity contribution in [1.29, 1.82) is 5.26 Å². The minimum atomic E-state index is -0.501. The van der Waals surface area contributed by atoms with Gasteiger partial charge in [0.05, 0.1) is 16.5 Å². The third-order valence-corrected chi connectivity index (χ3v) is 2.41. The Bertz CT molecular complexity index is 697. The molecule has 0 aliphatic rings. The van der Waals surface area contributed by atoms with Gasteiger partial charge in [0.15, 0.2) is 0 Å². The van der Waals surface area contributed by atoms with E-state index in [1.54, 1.807) is 0 Å². The third-order valence-electron chi connectivity index (χ3n) is 2.41. The van der Waals surface area contributed by atoms with Crippen LogP contribution >= 0.6 is 0 Å². The van der Waals surface area contributed by atoms with E-state index >= 15 is 0 Å². The molecule has 1 aromatic carbocycles. The van der Waals surface area contributed by atoms with Crippen molar-refractivity contribution in [1.82, 2.24) is 4.57 Å². The Balaban J connectivity index is 2.76. The first kappa shape index (κ1) is 10.8. The van der Waals surface area contributed by atoms with Gasteiger partial charge in [-0.2, -0.15) is 5.26 Å². The van der Waals surface area contributed by atoms with Gasteiger partial charge >= 0.3 is 0 Å². The lowest BCUT2D eigenvalue weighted by Crippen LogP contribution is -2.18. The molecule has 0 amide bonds. The summed E-state index contributed by atoms with van der Waals surface area (Å²) in [6.07, 6.45) is 0. The van der Waals surface area contributed by atoms with E-state index in [-0.39, 0.29) is 17.8 Å². The Hall–Kier alpha value is -2.68. The number of non-ortho nitro benzene ring substituents is 1. The standard InChI is InChI=1S/C11H7N3O3/c12-5-6-13-10-3-2-9(14(16)17)7-8(10)1-4-11(13)15/h1-4,7H,6H2. The second-order valence-electron chi connectivity index (χ2n) is 3.42. The molecule has 0 bridgehead atoms. The van der Waals surface area contributed by atoms with Crippen LogP contribution in [0.25, 0.3) is 10.9 Å². The Morgan fingerprint density at radius 3 is 2.76 bits per heavy atom. The predicted molar refractivity (Wildman–Crippen MR) is 60.5 cm³/mol. The van der Waals surface area contributed by atoms with Crippen LogP contribution in [0.1, 0.15) is 0 Å². The highest BCUT2D eigenvalue weighted by Crippen LogP contribution is 2.19. The highest BCUT2D eigenvalue weighted by molar-refractivity contribution is 5.81. The van der Waals surface area contributed by atoms with Crippen LogP contribution in [-0.2, 0) is 6.54 Å². The van der Waals surface area contributed by atoms with Gasteiger partial charge in [0.2, 0.25) is 0 Å². The van der Waals surface area contributed by atoms with Gasteiger partial charge < -0.3 is 0 Å². The number of hydrogen-bond donors (Lipinski definition) is 0. The number of hydrogen-bond acceptors (Lipinski definition) is 4. The van der Waals surface area contributed by atoms with Crippen molar-refractivity contribution in [3.05, 3.63) is 50.8 Å². The lowest BCUT2D eigenvalue weighted by molar-refractivity contribution is -0.384. The topological polar surface area (TPSA) is 88.9 Å². The molecule has 2 aromatic rings. The monoisotopic (exact) mass is 229 g/mol. The molecule has 0 atom stereocenters. The summed E-state index contributed by atoms with van der Waals surface area (Å²) in [7, 11) is 0. The molecule has 0 spiro atoms. The molecule has 84 valence electrons. The van der Waals surface area contributed by atoms with E-state index in [9.17, 15) is 14.9 Å². The van der Waals surface area contributed by atoms with E-state index in [2.05, 4.69) is 0 Å². The molecule has 0 saturated heterocycles. The first-order valence-corrected chi connectivity index (χ1v) is 4.78. The summed E-state index contributed by atoms with van der Waals surface area (Å²) in [4.78, 5) is 21.6. The molecule has 17 heavy (non-hydrogen) atoms. The molecule has 0 radical (unpaired) electrons. The number of benzene rings is 1. The van der Waals surface area contributed by atoms with E-state index in [1.807, 2.05) is 6.07 Å². The van der Waals surface area contributed by atoms with Gasteiger partial charge in [0.1, 0.15) is 6.54 Å². The van der Waals surface area contributed by atoms with Crippen LogP contribution in [0.2, 0.25) is 0 Å². The molecular formula is C11H7N3O3. The highest BCUT2D eigenvalue weighted by atomic mass is 16.6. The van der Waals surface area contributed by atoms with Crippen molar-refractivity contribution in [2.24, 2.45) is 0 Å². The molecule has 0 fully saturated rings. The summed E-state index contributed by atoms with van der Waals surface area (Å²) < 4.78 is 1.28. The summed E-state index contributed by atoms with van der Waals surface area (Å²) in [6.45, 7) is -0.0754. The first-order valence-electron chi connectivity index (χ1n) is 4.78. The average molecular weight is 229 g/mol. The minimum absolute atomic E-state index is 0.0420. The van der Waals surface area contributed by atoms with Gasteiger partial charge in [0, 0.05) is 23.6 Å². The number of nitro benzene ring substituents is 1. The van der Waals surface area contributed by atoms with E-state index in [4.69, 9.17) is 5.26 Å². The summed E-state index contributed by atoms with van der Waals surface area (Å²) in [6, 6.07) is 8.86. The quantitative estimate of drug-likeness (QED) is 0.575. The predicted octanol–water partition coefficient (Wildman–Crippen LogP) is 1.43. The van der Waals surface area contributed by atoms with E-state index in [0.717, 1.165) is 0 Å². The Morgan fingerprint density at radius 1 is 1.35 bits per heavy atom. The lowest BCUT2D eigenvalue weighted by Gasteiger charge is -2.05. The molecule has 1 heterocycles. The molecule has 0 aliphatic heterocycles. The number of nitrogens with zero attached hydrogens (tertiary/aromatic N) is 3. The van der Waals surface area contributed by atoms with E-state index in [1.165, 1.54) is 34.9 Å². The number of rotatable bonds is 2. The zero-order chi connectivity index (χ0) is 12.4. The molecule has 0 unspecified atom stereocenters. The zero-order valence-corrected chi connectivity index (χ0v) is 8.66. The number of nitriles is 1. The Labute approximate surface area is 95.5 Å². The number of pyridine rings is 1. The normalized spacial score (nSPS) is 10.1. The number of nitro groups is 1. The van der Waals surface area contributed by atoms with Gasteiger partial charge in [0.25, 0.3) is 11.2 Å². The smallest absolute Gasteiger partial charge is 0.270 e. The first-order chi connectivity index (χ1) is 8.13. The van der Waals surface area contributed by atoms with Crippen molar-refractivity contribution in [2.75, 3.05) is 0 Å². The Morgan fingerprint density at radius 2 is 2.12 bits per heavy atom. The molecule has 0 aliphatic carbocycles. The van der Waals surface area contributed by atoms with Crippen molar-refractivity contribution >= 4 is 16.6 Å². The Kier molecular flexibility index (Phi) is 2.58. The fourth-order valence-electron chi connectivity index (χ4n) is 1.64. The SMILES string of the molecule is N#CCn1c(=O)ccc2cc([N+](=O)[O-])ccc21. The summed E-state index contributed by atoms with van der Waals surface area (Å²) in [5.41, 5.74) is 0.178. The zero-order valence-electron chi connectivity index (χ0n) is 8.66. The molecule has 1 aromatic heterocycles. The minimum Gasteiger partial charge on any atom is -0.294 e. The molecule has 0 saturated carbocycles. The molecule has 0 N–H and O–H groups in total. The second kappa shape index (κ2) is 4.06. The van der Waals surface area contributed by atoms with Crippen LogP contribution in [0, 0.1) is 21.4 Å². The van der Waals surface area contributed by atoms with Gasteiger partial charge in [-0.15, -0.1) is 0 Å². The van der Waals surface area contributed by atoms with Gasteiger partial charge in [-0.1, -0.05) is 0 Å². The molecule has 6 nitrogen and oxygen atoms in total. The fourth-order valence-corrected chi connectivity index (χ4v) is 1.64. The van der Waals surface area contributed by atoms with Crippen molar-refractivity contribution in [3.63, 3.8) is 0 Å². The average Bonchev–Trinajstić information content (AvgIpc) is 2.32. The van der Waals surface area contributed by atoms with Gasteiger partial charge in [-0.05, 0) is 12.1 Å².